The van der Waals surface area contributed by atoms with Crippen molar-refractivity contribution in [3.63, 3.8) is 0 Å². The van der Waals surface area contributed by atoms with Crippen LogP contribution in [0.1, 0.15) is 29.8 Å². The van der Waals surface area contributed by atoms with Crippen LogP contribution in [-0.4, -0.2) is 26.8 Å². The van der Waals surface area contributed by atoms with E-state index in [-0.39, 0.29) is 0 Å². The van der Waals surface area contributed by atoms with Gasteiger partial charge in [0.2, 0.25) is 0 Å². The molecule has 1 unspecified atom stereocenters. The summed E-state index contributed by atoms with van der Waals surface area (Å²) in [7, 11) is 0. The highest BCUT2D eigenvalue weighted by Crippen LogP contribution is 2.35. The van der Waals surface area contributed by atoms with E-state index in [0.717, 1.165) is 31.9 Å². The second kappa shape index (κ2) is 4.86. The van der Waals surface area contributed by atoms with Gasteiger partial charge in [0.25, 0.3) is 0 Å². The van der Waals surface area contributed by atoms with Gasteiger partial charge in [0.05, 0.1) is 13.1 Å². The lowest BCUT2D eigenvalue weighted by Crippen LogP contribution is -2.25. The Bertz CT molecular complexity index is 534. The fourth-order valence-corrected chi connectivity index (χ4v) is 2.46. The van der Waals surface area contributed by atoms with Crippen LogP contribution in [0.5, 0.6) is 0 Å². The van der Waals surface area contributed by atoms with Gasteiger partial charge in [-0.1, -0.05) is 31.2 Å². The van der Waals surface area contributed by atoms with E-state index in [0.29, 0.717) is 5.92 Å². The Balaban J connectivity index is 1.70. The Morgan fingerprint density at radius 3 is 3.11 bits per heavy atom. The molecule has 0 saturated carbocycles. The quantitative estimate of drug-likeness (QED) is 0.855. The normalized spacial score (nSPS) is 17.3. The number of benzene rings is 1. The van der Waals surface area contributed by atoms with E-state index >= 15 is 0 Å². The smallest absolute Gasteiger partial charge is 0.165 e. The van der Waals surface area contributed by atoms with Crippen molar-refractivity contribution in [1.29, 1.82) is 0 Å². The Labute approximate surface area is 106 Å². The minimum absolute atomic E-state index is 0.560. The Kier molecular flexibility index (Phi) is 3.06. The van der Waals surface area contributed by atoms with Crippen LogP contribution in [0, 0.1) is 0 Å². The number of fused-ring (bicyclic) bond motifs is 1. The van der Waals surface area contributed by atoms with Crippen molar-refractivity contribution in [2.24, 2.45) is 0 Å². The second-order valence-electron chi connectivity index (χ2n) is 4.66. The minimum atomic E-state index is 0.560. The van der Waals surface area contributed by atoms with Crippen LogP contribution in [0.25, 0.3) is 0 Å². The molecule has 1 aliphatic rings. The largest absolute Gasteiger partial charge is 0.310 e. The van der Waals surface area contributed by atoms with Gasteiger partial charge in [-0.2, -0.15) is 0 Å². The lowest BCUT2D eigenvalue weighted by atomic mass is 9.78. The number of nitrogens with one attached hydrogen (secondary N) is 1. The third-order valence-electron chi connectivity index (χ3n) is 3.49. The van der Waals surface area contributed by atoms with Crippen LogP contribution in [0.4, 0.5) is 0 Å². The number of hydrogen-bond donors (Lipinski definition) is 1. The van der Waals surface area contributed by atoms with Crippen LogP contribution >= 0.6 is 0 Å². The van der Waals surface area contributed by atoms with Crippen LogP contribution in [0.2, 0.25) is 0 Å². The number of tetrazole rings is 1. The van der Waals surface area contributed by atoms with Gasteiger partial charge in [-0.25, -0.2) is 4.68 Å². The average Bonchev–Trinajstić information content (AvgIpc) is 2.81. The predicted octanol–water partition coefficient (Wildman–Crippen LogP) is 1.12. The summed E-state index contributed by atoms with van der Waals surface area (Å²) in [6, 6.07) is 8.61. The second-order valence-corrected chi connectivity index (χ2v) is 4.66. The molecule has 18 heavy (non-hydrogen) atoms. The topological polar surface area (TPSA) is 55.6 Å². The maximum Gasteiger partial charge on any atom is 0.165 e. The molecule has 3 rings (SSSR count). The lowest BCUT2D eigenvalue weighted by molar-refractivity contribution is 0.448. The molecule has 1 atom stereocenters. The maximum absolute atomic E-state index is 4.08. The molecule has 94 valence electrons. The van der Waals surface area contributed by atoms with Crippen molar-refractivity contribution in [3.05, 3.63) is 41.2 Å². The van der Waals surface area contributed by atoms with Gasteiger partial charge >= 0.3 is 0 Å². The number of aromatic nitrogens is 4. The molecule has 1 aliphatic carbocycles. The van der Waals surface area contributed by atoms with E-state index in [2.05, 4.69) is 52.0 Å². The summed E-state index contributed by atoms with van der Waals surface area (Å²) in [4.78, 5) is 0. The first-order valence-corrected chi connectivity index (χ1v) is 6.42. The van der Waals surface area contributed by atoms with Crippen molar-refractivity contribution in [1.82, 2.24) is 25.5 Å². The first-order valence-electron chi connectivity index (χ1n) is 6.42. The van der Waals surface area contributed by atoms with Crippen molar-refractivity contribution >= 4 is 0 Å². The summed E-state index contributed by atoms with van der Waals surface area (Å²) >= 11 is 0. The van der Waals surface area contributed by atoms with E-state index in [9.17, 15) is 0 Å². The van der Waals surface area contributed by atoms with Crippen LogP contribution < -0.4 is 5.32 Å². The summed E-state index contributed by atoms with van der Waals surface area (Å²) in [5.41, 5.74) is 2.91. The standard InChI is InChI=1S/C13H17N5/c1-2-14-8-13-15-16-17-18(13)9-11-7-10-5-3-4-6-12(10)11/h3-6,11,14H,2,7-9H2,1H3. The van der Waals surface area contributed by atoms with E-state index in [1.807, 2.05) is 4.68 Å². The van der Waals surface area contributed by atoms with Gasteiger partial charge in [0.1, 0.15) is 0 Å². The fraction of sp³-hybridized carbons (Fsp3) is 0.462. The Hall–Kier alpha value is -1.75. The molecule has 0 spiro atoms. The predicted molar refractivity (Wildman–Crippen MR) is 68.1 cm³/mol. The number of nitrogens with zero attached hydrogens (tertiary/aromatic N) is 4. The zero-order valence-electron chi connectivity index (χ0n) is 10.5. The van der Waals surface area contributed by atoms with E-state index in [4.69, 9.17) is 0 Å². The van der Waals surface area contributed by atoms with E-state index in [1.165, 1.54) is 11.1 Å². The van der Waals surface area contributed by atoms with Gasteiger partial charge in [-0.3, -0.25) is 0 Å². The molecule has 0 saturated heterocycles. The average molecular weight is 243 g/mol. The molecule has 0 radical (unpaired) electrons. The Morgan fingerprint density at radius 2 is 2.28 bits per heavy atom. The highest BCUT2D eigenvalue weighted by molar-refractivity contribution is 5.39. The molecule has 1 aromatic carbocycles. The monoisotopic (exact) mass is 243 g/mol. The van der Waals surface area contributed by atoms with Crippen LogP contribution in [0.3, 0.4) is 0 Å². The first kappa shape index (κ1) is 11.3. The van der Waals surface area contributed by atoms with E-state index < -0.39 is 0 Å². The SMILES string of the molecule is CCNCc1nnnn1CC1Cc2ccccc21. The molecule has 0 fully saturated rings. The third kappa shape index (κ3) is 2.01. The van der Waals surface area contributed by atoms with Crippen molar-refractivity contribution < 1.29 is 0 Å². The van der Waals surface area contributed by atoms with Gasteiger partial charge < -0.3 is 5.32 Å². The molecule has 5 nitrogen and oxygen atoms in total. The summed E-state index contributed by atoms with van der Waals surface area (Å²) in [6.45, 7) is 4.62. The molecule has 0 aliphatic heterocycles. The van der Waals surface area contributed by atoms with E-state index in [1.54, 1.807) is 0 Å². The lowest BCUT2D eigenvalue weighted by Gasteiger charge is -2.29. The molecule has 1 aromatic heterocycles. The molecule has 1 N–H and O–H groups in total. The summed E-state index contributed by atoms with van der Waals surface area (Å²) in [6.07, 6.45) is 1.14. The Morgan fingerprint density at radius 1 is 1.39 bits per heavy atom. The molecule has 1 heterocycles. The summed E-state index contributed by atoms with van der Waals surface area (Å²) in [5.74, 6) is 1.48. The van der Waals surface area contributed by atoms with Gasteiger partial charge in [-0.15, -0.1) is 5.10 Å². The van der Waals surface area contributed by atoms with Gasteiger partial charge in [0, 0.05) is 5.92 Å². The highest BCUT2D eigenvalue weighted by Gasteiger charge is 2.26. The van der Waals surface area contributed by atoms with Crippen LogP contribution in [-0.2, 0) is 19.5 Å². The maximum atomic E-state index is 4.08. The zero-order valence-corrected chi connectivity index (χ0v) is 10.5. The molecule has 0 bridgehead atoms. The highest BCUT2D eigenvalue weighted by atomic mass is 15.5. The zero-order chi connectivity index (χ0) is 12.4. The van der Waals surface area contributed by atoms with Crippen LogP contribution in [0.15, 0.2) is 24.3 Å². The molecule has 0 amide bonds. The van der Waals surface area contributed by atoms with Crippen molar-refractivity contribution in [2.45, 2.75) is 32.4 Å². The third-order valence-corrected chi connectivity index (χ3v) is 3.49. The fourth-order valence-electron chi connectivity index (χ4n) is 2.46. The molecular formula is C13H17N5. The van der Waals surface area contributed by atoms with Gasteiger partial charge in [-0.05, 0) is 34.5 Å². The van der Waals surface area contributed by atoms with Crippen molar-refractivity contribution in [2.75, 3.05) is 6.54 Å². The number of rotatable bonds is 5. The first-order chi connectivity index (χ1) is 8.88. The molecule has 2 aromatic rings. The molecule has 5 heteroatoms. The van der Waals surface area contributed by atoms with Gasteiger partial charge in [0.15, 0.2) is 5.82 Å². The minimum Gasteiger partial charge on any atom is -0.310 e. The van der Waals surface area contributed by atoms with Crippen molar-refractivity contribution in [3.8, 4) is 0 Å². The summed E-state index contributed by atoms with van der Waals surface area (Å²) in [5, 5.41) is 15.2. The molecular weight excluding hydrogens is 226 g/mol. The number of hydrogen-bond acceptors (Lipinski definition) is 4. The summed E-state index contributed by atoms with van der Waals surface area (Å²) < 4.78 is 1.92.